The Morgan fingerprint density at radius 1 is 0.370 bits per heavy atom. The van der Waals surface area contributed by atoms with Crippen molar-refractivity contribution in [3.8, 4) is 44.5 Å². The monoisotopic (exact) mass is 936 g/mol. The molecule has 2 heterocycles. The van der Waals surface area contributed by atoms with Gasteiger partial charge in [-0.3, -0.25) is 0 Å². The summed E-state index contributed by atoms with van der Waals surface area (Å²) in [4.78, 5) is 0. The van der Waals surface area contributed by atoms with Crippen LogP contribution in [-0.4, -0.2) is 0 Å². The minimum atomic E-state index is -0.249. The molecule has 0 radical (unpaired) electrons. The predicted molar refractivity (Wildman–Crippen MR) is 305 cm³/mol. The molecule has 2 aliphatic carbocycles. The largest absolute Gasteiger partial charge is 0.455 e. The van der Waals surface area contributed by atoms with Gasteiger partial charge in [0.1, 0.15) is 22.3 Å². The van der Waals surface area contributed by atoms with E-state index in [0.717, 1.165) is 46.3 Å². The highest BCUT2D eigenvalue weighted by molar-refractivity contribution is 6.20. The van der Waals surface area contributed by atoms with E-state index in [9.17, 15) is 0 Å². The molecule has 0 fully saturated rings. The van der Waals surface area contributed by atoms with Crippen LogP contribution in [0.4, 0.5) is 0 Å². The van der Waals surface area contributed by atoms with Gasteiger partial charge in [-0.25, -0.2) is 0 Å². The van der Waals surface area contributed by atoms with Crippen LogP contribution in [0, 0.1) is 0 Å². The van der Waals surface area contributed by atoms with Crippen LogP contribution in [0.5, 0.6) is 0 Å². The number of furan rings is 2. The summed E-state index contributed by atoms with van der Waals surface area (Å²) in [5.74, 6) is 0.203. The van der Waals surface area contributed by atoms with Gasteiger partial charge < -0.3 is 8.83 Å². The Morgan fingerprint density at radius 3 is 1.41 bits per heavy atom. The van der Waals surface area contributed by atoms with Gasteiger partial charge in [0.25, 0.3) is 0 Å². The molecule has 73 heavy (non-hydrogen) atoms. The molecule has 0 N–H and O–H groups in total. The zero-order valence-electron chi connectivity index (χ0n) is 41.5. The Morgan fingerprint density at radius 2 is 0.849 bits per heavy atom. The minimum absolute atomic E-state index is 0.203. The molecule has 11 aromatic carbocycles. The van der Waals surface area contributed by atoms with Crippen molar-refractivity contribution in [2.24, 2.45) is 0 Å². The zero-order chi connectivity index (χ0) is 48.7. The Kier molecular flexibility index (Phi) is 8.98. The number of para-hydroxylation sites is 2. The fourth-order valence-electron chi connectivity index (χ4n) is 13.3. The second-order valence-electron chi connectivity index (χ2n) is 21.9. The van der Waals surface area contributed by atoms with Crippen LogP contribution in [0.15, 0.2) is 221 Å². The van der Waals surface area contributed by atoms with Crippen LogP contribution in [0.2, 0.25) is 0 Å². The van der Waals surface area contributed by atoms with Crippen molar-refractivity contribution < 1.29 is 8.83 Å². The van der Waals surface area contributed by atoms with Crippen LogP contribution < -0.4 is 0 Å². The molecule has 0 saturated heterocycles. The van der Waals surface area contributed by atoms with Crippen molar-refractivity contribution in [3.63, 3.8) is 0 Å². The molecule has 15 rings (SSSR count). The third-order valence-corrected chi connectivity index (χ3v) is 17.1. The van der Waals surface area contributed by atoms with Crippen LogP contribution in [0.25, 0.3) is 110 Å². The summed E-state index contributed by atoms with van der Waals surface area (Å²) >= 11 is 0. The molecule has 2 nitrogen and oxygen atoms in total. The molecule has 348 valence electrons. The maximum Gasteiger partial charge on any atom is 0.143 e. The summed E-state index contributed by atoms with van der Waals surface area (Å²) < 4.78 is 13.7. The van der Waals surface area contributed by atoms with Gasteiger partial charge in [-0.05, 0) is 143 Å². The topological polar surface area (TPSA) is 26.3 Å². The van der Waals surface area contributed by atoms with E-state index in [1.807, 2.05) is 0 Å². The van der Waals surface area contributed by atoms with Crippen LogP contribution >= 0.6 is 0 Å². The number of benzene rings is 11. The van der Waals surface area contributed by atoms with Gasteiger partial charge in [0.15, 0.2) is 0 Å². The summed E-state index contributed by atoms with van der Waals surface area (Å²) in [5.41, 5.74) is 22.7. The molecular formula is C71H52O2. The Labute approximate surface area is 425 Å². The van der Waals surface area contributed by atoms with Crippen LogP contribution in [0.3, 0.4) is 0 Å². The van der Waals surface area contributed by atoms with E-state index in [1.165, 1.54) is 115 Å². The van der Waals surface area contributed by atoms with Crippen LogP contribution in [0.1, 0.15) is 79.0 Å². The first-order valence-electron chi connectivity index (χ1n) is 26.0. The molecule has 0 bridgehead atoms. The lowest BCUT2D eigenvalue weighted by atomic mass is 9.78. The molecule has 0 spiro atoms. The van der Waals surface area contributed by atoms with E-state index in [4.69, 9.17) is 8.83 Å². The smallest absolute Gasteiger partial charge is 0.143 e. The van der Waals surface area contributed by atoms with E-state index in [-0.39, 0.29) is 16.7 Å². The fourth-order valence-corrected chi connectivity index (χ4v) is 13.3. The summed E-state index contributed by atoms with van der Waals surface area (Å²) in [6.45, 7) is 9.68. The summed E-state index contributed by atoms with van der Waals surface area (Å²) in [6.07, 6.45) is 1.93. The van der Waals surface area contributed by atoms with Gasteiger partial charge in [-0.2, -0.15) is 0 Å². The zero-order valence-corrected chi connectivity index (χ0v) is 41.5. The molecule has 2 aromatic heterocycles. The molecule has 13 aromatic rings. The quantitative estimate of drug-likeness (QED) is 0.159. The van der Waals surface area contributed by atoms with Gasteiger partial charge in [0.05, 0.1) is 0 Å². The van der Waals surface area contributed by atoms with Gasteiger partial charge in [-0.15, -0.1) is 0 Å². The predicted octanol–water partition coefficient (Wildman–Crippen LogP) is 19.5. The molecule has 1 unspecified atom stereocenters. The standard InChI is InChI=1S/C71H52O2/c1-70(2)58-36-42(27-34-52(58)64-60(70)40-56(48-30-28-43-16-8-10-20-46(43)37-48)68-66(64)54-22-12-14-24-62(54)72-68)26-33-51(45-18-6-5-7-19-45)50-32-35-53-59(39-50)71(3,4)61-41-57(49-31-29-44-17-9-11-21-47(44)38-49)69-67(65(53)61)55-23-13-15-25-63(55)73-69/h5-25,27-32,34-41,51H,26,33H2,1-4H3. The normalized spacial score (nSPS) is 14.6. The molecule has 0 aliphatic heterocycles. The number of rotatable bonds is 7. The van der Waals surface area contributed by atoms with Gasteiger partial charge in [0.2, 0.25) is 0 Å². The number of aryl methyl sites for hydroxylation is 1. The highest BCUT2D eigenvalue weighted by Crippen LogP contribution is 2.58. The first-order chi connectivity index (χ1) is 35.7. The van der Waals surface area contributed by atoms with Crippen molar-refractivity contribution in [3.05, 3.63) is 251 Å². The van der Waals surface area contributed by atoms with E-state index in [1.54, 1.807) is 0 Å². The van der Waals surface area contributed by atoms with Crippen molar-refractivity contribution in [2.45, 2.75) is 57.3 Å². The lowest BCUT2D eigenvalue weighted by Crippen LogP contribution is -2.16. The first kappa shape index (κ1) is 42.2. The summed E-state index contributed by atoms with van der Waals surface area (Å²) in [7, 11) is 0. The summed E-state index contributed by atoms with van der Waals surface area (Å²) in [6, 6.07) is 78.9. The molecule has 1 atom stereocenters. The Balaban J connectivity index is 0.820. The van der Waals surface area contributed by atoms with E-state index in [2.05, 4.69) is 240 Å². The fraction of sp³-hybridized carbons (Fsp3) is 0.127. The molecule has 0 amide bonds. The van der Waals surface area contributed by atoms with Crippen molar-refractivity contribution in [1.82, 2.24) is 0 Å². The van der Waals surface area contributed by atoms with Crippen molar-refractivity contribution in [1.29, 1.82) is 0 Å². The second kappa shape index (κ2) is 15.5. The SMILES string of the molecule is CC1(C)c2cc(CCC(c3ccccc3)c3ccc4c(c3)C(C)(C)c3cc(-c5ccc6ccccc6c5)c5oc6ccccc6c5c3-4)ccc2-c2c1cc(-c1ccc3ccccc3c1)c1oc3ccccc3c21. The molecule has 2 heteroatoms. The van der Waals surface area contributed by atoms with Gasteiger partial charge >= 0.3 is 0 Å². The van der Waals surface area contributed by atoms with Gasteiger partial charge in [-0.1, -0.05) is 204 Å². The second-order valence-corrected chi connectivity index (χ2v) is 21.9. The molecule has 2 aliphatic rings. The van der Waals surface area contributed by atoms with Crippen LogP contribution in [-0.2, 0) is 17.3 Å². The third kappa shape index (κ3) is 6.23. The highest BCUT2D eigenvalue weighted by atomic mass is 16.3. The average molecular weight is 937 g/mol. The Bertz CT molecular complexity index is 4440. The average Bonchev–Trinajstić information content (AvgIpc) is 4.14. The Hall–Kier alpha value is -8.46. The number of hydrogen-bond donors (Lipinski definition) is 0. The van der Waals surface area contributed by atoms with E-state index < -0.39 is 0 Å². The maximum atomic E-state index is 6.88. The molecule has 0 saturated carbocycles. The lowest BCUT2D eigenvalue weighted by Gasteiger charge is -2.25. The van der Waals surface area contributed by atoms with E-state index >= 15 is 0 Å². The lowest BCUT2D eigenvalue weighted by molar-refractivity contribution is 0.651. The maximum absolute atomic E-state index is 6.88. The minimum Gasteiger partial charge on any atom is -0.455 e. The summed E-state index contributed by atoms with van der Waals surface area (Å²) in [5, 5.41) is 9.71. The molecular weight excluding hydrogens is 885 g/mol. The number of fused-ring (bicyclic) bond motifs is 16. The van der Waals surface area contributed by atoms with Crippen molar-refractivity contribution >= 4 is 65.4 Å². The third-order valence-electron chi connectivity index (χ3n) is 17.1. The highest BCUT2D eigenvalue weighted by Gasteiger charge is 2.41. The van der Waals surface area contributed by atoms with Crippen molar-refractivity contribution in [2.75, 3.05) is 0 Å². The first-order valence-corrected chi connectivity index (χ1v) is 26.0. The number of hydrogen-bond acceptors (Lipinski definition) is 2. The van der Waals surface area contributed by atoms with Gasteiger partial charge in [0, 0.05) is 49.4 Å². The van der Waals surface area contributed by atoms with E-state index in [0.29, 0.717) is 0 Å².